The van der Waals surface area contributed by atoms with Gasteiger partial charge in [0, 0.05) is 5.33 Å². The Labute approximate surface area is 107 Å². The van der Waals surface area contributed by atoms with Crippen LogP contribution in [0.4, 0.5) is 0 Å². The summed E-state index contributed by atoms with van der Waals surface area (Å²) in [7, 11) is 0. The standard InChI is InChI=1S/C14H21BrO/c1-2-16-14-10-8-13(9-11-14)7-5-3-4-6-12-15/h8-11H,2-7,12H2,1H3. The van der Waals surface area contributed by atoms with Gasteiger partial charge in [-0.05, 0) is 43.9 Å². The van der Waals surface area contributed by atoms with Gasteiger partial charge in [0.05, 0.1) is 6.61 Å². The van der Waals surface area contributed by atoms with E-state index in [9.17, 15) is 0 Å². The lowest BCUT2D eigenvalue weighted by Crippen LogP contribution is -1.92. The molecule has 0 aliphatic carbocycles. The van der Waals surface area contributed by atoms with Crippen LogP contribution in [-0.4, -0.2) is 11.9 Å². The third-order valence-corrected chi connectivity index (χ3v) is 3.14. The van der Waals surface area contributed by atoms with Crippen LogP contribution in [0.5, 0.6) is 5.75 Å². The van der Waals surface area contributed by atoms with Crippen molar-refractivity contribution in [3.05, 3.63) is 29.8 Å². The van der Waals surface area contributed by atoms with E-state index in [0.717, 1.165) is 17.7 Å². The van der Waals surface area contributed by atoms with E-state index >= 15 is 0 Å². The lowest BCUT2D eigenvalue weighted by molar-refractivity contribution is 0.340. The summed E-state index contributed by atoms with van der Waals surface area (Å²) in [5.41, 5.74) is 1.42. The first-order valence-corrected chi connectivity index (χ1v) is 7.26. The molecule has 0 N–H and O–H groups in total. The molecule has 16 heavy (non-hydrogen) atoms. The zero-order valence-corrected chi connectivity index (χ0v) is 11.6. The summed E-state index contributed by atoms with van der Waals surface area (Å²) in [6.45, 7) is 2.75. The van der Waals surface area contributed by atoms with Gasteiger partial charge in [0.2, 0.25) is 0 Å². The number of alkyl halides is 1. The Morgan fingerprint density at radius 2 is 1.69 bits per heavy atom. The minimum Gasteiger partial charge on any atom is -0.494 e. The van der Waals surface area contributed by atoms with Crippen molar-refractivity contribution in [3.63, 3.8) is 0 Å². The van der Waals surface area contributed by atoms with E-state index in [-0.39, 0.29) is 0 Å². The van der Waals surface area contributed by atoms with E-state index in [2.05, 4.69) is 40.2 Å². The zero-order valence-electron chi connectivity index (χ0n) is 10.0. The molecule has 1 rings (SSSR count). The van der Waals surface area contributed by atoms with E-state index in [1.165, 1.54) is 37.7 Å². The molecule has 0 atom stereocenters. The van der Waals surface area contributed by atoms with Crippen LogP contribution in [0.25, 0.3) is 0 Å². The molecule has 0 radical (unpaired) electrons. The second kappa shape index (κ2) is 8.63. The van der Waals surface area contributed by atoms with Crippen LogP contribution >= 0.6 is 15.9 Å². The smallest absolute Gasteiger partial charge is 0.119 e. The number of unbranched alkanes of at least 4 members (excludes halogenated alkanes) is 3. The van der Waals surface area contributed by atoms with E-state index in [1.54, 1.807) is 0 Å². The number of hydrogen-bond donors (Lipinski definition) is 0. The minimum atomic E-state index is 0.742. The van der Waals surface area contributed by atoms with Crippen LogP contribution in [0.3, 0.4) is 0 Å². The normalized spacial score (nSPS) is 10.4. The lowest BCUT2D eigenvalue weighted by atomic mass is 10.1. The number of benzene rings is 1. The molecule has 0 bridgehead atoms. The van der Waals surface area contributed by atoms with Gasteiger partial charge >= 0.3 is 0 Å². The van der Waals surface area contributed by atoms with Crippen LogP contribution in [0, 0.1) is 0 Å². The second-order valence-electron chi connectivity index (χ2n) is 3.93. The van der Waals surface area contributed by atoms with Gasteiger partial charge in [-0.1, -0.05) is 40.9 Å². The fraction of sp³-hybridized carbons (Fsp3) is 0.571. The molecule has 0 aliphatic heterocycles. The number of rotatable bonds is 8. The molecule has 1 aromatic rings. The van der Waals surface area contributed by atoms with Crippen molar-refractivity contribution < 1.29 is 4.74 Å². The molecule has 0 saturated heterocycles. The summed E-state index contributed by atoms with van der Waals surface area (Å²) in [6, 6.07) is 8.49. The largest absolute Gasteiger partial charge is 0.494 e. The maximum Gasteiger partial charge on any atom is 0.119 e. The van der Waals surface area contributed by atoms with Crippen molar-refractivity contribution in [1.82, 2.24) is 0 Å². The van der Waals surface area contributed by atoms with Crippen molar-refractivity contribution in [3.8, 4) is 5.75 Å². The van der Waals surface area contributed by atoms with E-state index in [0.29, 0.717) is 0 Å². The first-order valence-electron chi connectivity index (χ1n) is 6.14. The highest BCUT2D eigenvalue weighted by Gasteiger charge is 1.95. The minimum absolute atomic E-state index is 0.742. The molecule has 2 heteroatoms. The number of ether oxygens (including phenoxy) is 1. The van der Waals surface area contributed by atoms with Crippen LogP contribution < -0.4 is 4.74 Å². The lowest BCUT2D eigenvalue weighted by Gasteiger charge is -2.05. The Balaban J connectivity index is 2.21. The van der Waals surface area contributed by atoms with Gasteiger partial charge in [0.25, 0.3) is 0 Å². The quantitative estimate of drug-likeness (QED) is 0.501. The van der Waals surface area contributed by atoms with Crippen LogP contribution in [0.1, 0.15) is 38.2 Å². The highest BCUT2D eigenvalue weighted by Crippen LogP contribution is 2.14. The Morgan fingerprint density at radius 1 is 1.00 bits per heavy atom. The molecular weight excluding hydrogens is 264 g/mol. The summed E-state index contributed by atoms with van der Waals surface area (Å²) in [4.78, 5) is 0. The molecule has 90 valence electrons. The van der Waals surface area contributed by atoms with Crippen molar-refractivity contribution in [2.75, 3.05) is 11.9 Å². The highest BCUT2D eigenvalue weighted by atomic mass is 79.9. The first-order chi connectivity index (χ1) is 7.86. The number of aryl methyl sites for hydroxylation is 1. The Morgan fingerprint density at radius 3 is 2.31 bits per heavy atom. The molecule has 0 aliphatic rings. The van der Waals surface area contributed by atoms with Gasteiger partial charge < -0.3 is 4.74 Å². The van der Waals surface area contributed by atoms with Gasteiger partial charge in [-0.2, -0.15) is 0 Å². The first kappa shape index (κ1) is 13.6. The molecule has 0 spiro atoms. The second-order valence-corrected chi connectivity index (χ2v) is 4.72. The highest BCUT2D eigenvalue weighted by molar-refractivity contribution is 9.09. The Bertz CT molecular complexity index is 269. The molecule has 0 heterocycles. The molecule has 1 aromatic carbocycles. The van der Waals surface area contributed by atoms with Crippen molar-refractivity contribution in [2.24, 2.45) is 0 Å². The molecule has 0 amide bonds. The Kier molecular flexibility index (Phi) is 7.32. The number of halogens is 1. The van der Waals surface area contributed by atoms with Crippen molar-refractivity contribution in [2.45, 2.75) is 39.0 Å². The van der Waals surface area contributed by atoms with E-state index in [1.807, 2.05) is 6.92 Å². The Hall–Kier alpha value is -0.500. The van der Waals surface area contributed by atoms with Crippen molar-refractivity contribution >= 4 is 15.9 Å². The fourth-order valence-electron chi connectivity index (χ4n) is 1.70. The van der Waals surface area contributed by atoms with E-state index < -0.39 is 0 Å². The molecule has 0 saturated carbocycles. The summed E-state index contributed by atoms with van der Waals surface area (Å²) < 4.78 is 5.41. The van der Waals surface area contributed by atoms with Gasteiger partial charge in [-0.3, -0.25) is 0 Å². The number of hydrogen-bond acceptors (Lipinski definition) is 1. The van der Waals surface area contributed by atoms with Crippen LogP contribution in [-0.2, 0) is 6.42 Å². The van der Waals surface area contributed by atoms with Gasteiger partial charge in [0.1, 0.15) is 5.75 Å². The average molecular weight is 285 g/mol. The summed E-state index contributed by atoms with van der Waals surface area (Å²) in [5, 5.41) is 1.13. The molecule has 0 aromatic heterocycles. The monoisotopic (exact) mass is 284 g/mol. The summed E-state index contributed by atoms with van der Waals surface area (Å²) in [5.74, 6) is 0.977. The average Bonchev–Trinajstić information content (AvgIpc) is 2.31. The predicted molar refractivity (Wildman–Crippen MR) is 73.6 cm³/mol. The molecule has 0 fully saturated rings. The molecule has 0 unspecified atom stereocenters. The summed E-state index contributed by atoms with van der Waals surface area (Å²) >= 11 is 3.46. The molecule has 1 nitrogen and oxygen atoms in total. The third kappa shape index (κ3) is 5.55. The van der Waals surface area contributed by atoms with Gasteiger partial charge in [0.15, 0.2) is 0 Å². The van der Waals surface area contributed by atoms with Gasteiger partial charge in [-0.15, -0.1) is 0 Å². The van der Waals surface area contributed by atoms with Gasteiger partial charge in [-0.25, -0.2) is 0 Å². The SMILES string of the molecule is CCOc1ccc(CCCCCCBr)cc1. The predicted octanol–water partition coefficient (Wildman–Crippen LogP) is 4.58. The van der Waals surface area contributed by atoms with E-state index in [4.69, 9.17) is 4.74 Å². The topological polar surface area (TPSA) is 9.23 Å². The zero-order chi connectivity index (χ0) is 11.6. The fourth-order valence-corrected chi connectivity index (χ4v) is 2.09. The molecular formula is C14H21BrO. The van der Waals surface area contributed by atoms with Crippen LogP contribution in [0.15, 0.2) is 24.3 Å². The maximum atomic E-state index is 5.41. The summed E-state index contributed by atoms with van der Waals surface area (Å²) in [6.07, 6.45) is 6.44. The van der Waals surface area contributed by atoms with Crippen molar-refractivity contribution in [1.29, 1.82) is 0 Å². The maximum absolute atomic E-state index is 5.41. The van der Waals surface area contributed by atoms with Crippen LogP contribution in [0.2, 0.25) is 0 Å². The third-order valence-electron chi connectivity index (χ3n) is 2.58.